The highest BCUT2D eigenvalue weighted by Gasteiger charge is 2.15. The monoisotopic (exact) mass is 245 g/mol. The van der Waals surface area contributed by atoms with Crippen LogP contribution in [0.25, 0.3) is 0 Å². The number of fused-ring (bicyclic) bond motifs is 1. The Morgan fingerprint density at radius 3 is 3.06 bits per heavy atom. The fraction of sp³-hybridized carbons (Fsp3) is 0.533. The van der Waals surface area contributed by atoms with Crippen molar-refractivity contribution in [2.45, 2.75) is 45.6 Å². The molecule has 1 unspecified atom stereocenters. The summed E-state index contributed by atoms with van der Waals surface area (Å²) < 4.78 is 0. The normalized spacial score (nSPS) is 14.7. The average Bonchev–Trinajstić information content (AvgIpc) is 2.85. The van der Waals surface area contributed by atoms with Crippen LogP contribution in [0.1, 0.15) is 43.7 Å². The lowest BCUT2D eigenvalue weighted by Crippen LogP contribution is -2.02. The standard InChI is InChI=1S/C15H19NO2/c1-2-3-4-5-13(10-16)8-12-6-7-15-14(9-12)11-17-18-15/h6-7,9,13H,2-5,8,11H2,1H3. The molecule has 3 heteroatoms. The van der Waals surface area contributed by atoms with E-state index in [1.165, 1.54) is 18.4 Å². The van der Waals surface area contributed by atoms with Crippen molar-refractivity contribution >= 4 is 0 Å². The maximum absolute atomic E-state index is 9.18. The number of hydrogen-bond acceptors (Lipinski definition) is 3. The first-order valence-corrected chi connectivity index (χ1v) is 6.64. The molecule has 1 atom stereocenters. The molecule has 0 saturated carbocycles. The Bertz CT molecular complexity index is 437. The molecule has 3 nitrogen and oxygen atoms in total. The fourth-order valence-corrected chi connectivity index (χ4v) is 2.25. The first-order valence-electron chi connectivity index (χ1n) is 6.64. The van der Waals surface area contributed by atoms with Gasteiger partial charge in [-0.1, -0.05) is 32.3 Å². The molecular formula is C15H19NO2. The summed E-state index contributed by atoms with van der Waals surface area (Å²) in [5, 5.41) is 9.18. The average molecular weight is 245 g/mol. The highest BCUT2D eigenvalue weighted by Crippen LogP contribution is 2.28. The second-order valence-electron chi connectivity index (χ2n) is 4.81. The zero-order valence-electron chi connectivity index (χ0n) is 10.8. The maximum Gasteiger partial charge on any atom is 0.171 e. The number of benzene rings is 1. The van der Waals surface area contributed by atoms with Crippen LogP contribution in [-0.2, 0) is 17.9 Å². The highest BCUT2D eigenvalue weighted by molar-refractivity contribution is 5.38. The van der Waals surface area contributed by atoms with E-state index < -0.39 is 0 Å². The van der Waals surface area contributed by atoms with E-state index in [4.69, 9.17) is 9.78 Å². The Balaban J connectivity index is 1.93. The number of rotatable bonds is 6. The van der Waals surface area contributed by atoms with E-state index in [-0.39, 0.29) is 5.92 Å². The number of nitrogens with zero attached hydrogens (tertiary/aromatic N) is 1. The molecule has 0 amide bonds. The van der Waals surface area contributed by atoms with Gasteiger partial charge in [0.1, 0.15) is 6.61 Å². The molecule has 1 heterocycles. The van der Waals surface area contributed by atoms with Crippen LogP contribution in [0.4, 0.5) is 0 Å². The van der Waals surface area contributed by atoms with E-state index in [0.29, 0.717) is 6.61 Å². The number of hydrogen-bond donors (Lipinski definition) is 0. The SMILES string of the molecule is CCCCCC(C#N)Cc1ccc2c(c1)COO2. The molecule has 0 spiro atoms. The molecule has 0 radical (unpaired) electrons. The van der Waals surface area contributed by atoms with E-state index in [0.717, 1.165) is 30.6 Å². The largest absolute Gasteiger partial charge is 0.337 e. The number of unbranched alkanes of at least 4 members (excludes halogenated alkanes) is 2. The second-order valence-corrected chi connectivity index (χ2v) is 4.81. The first kappa shape index (κ1) is 12.9. The van der Waals surface area contributed by atoms with E-state index in [1.54, 1.807) is 0 Å². The first-order chi connectivity index (χ1) is 8.83. The lowest BCUT2D eigenvalue weighted by molar-refractivity contribution is -0.194. The van der Waals surface area contributed by atoms with Crippen molar-refractivity contribution in [1.82, 2.24) is 0 Å². The molecule has 2 rings (SSSR count). The third kappa shape index (κ3) is 3.24. The minimum Gasteiger partial charge on any atom is -0.337 e. The molecule has 0 aliphatic carbocycles. The molecular weight excluding hydrogens is 226 g/mol. The molecule has 0 bridgehead atoms. The van der Waals surface area contributed by atoms with Gasteiger partial charge in [0, 0.05) is 5.56 Å². The summed E-state index contributed by atoms with van der Waals surface area (Å²) in [6.45, 7) is 2.69. The van der Waals surface area contributed by atoms with Gasteiger partial charge < -0.3 is 4.89 Å². The molecule has 1 aliphatic rings. The molecule has 0 saturated heterocycles. The van der Waals surface area contributed by atoms with Crippen molar-refractivity contribution in [2.24, 2.45) is 5.92 Å². The Morgan fingerprint density at radius 2 is 2.28 bits per heavy atom. The maximum atomic E-state index is 9.18. The molecule has 0 fully saturated rings. The van der Waals surface area contributed by atoms with Crippen LogP contribution in [-0.4, -0.2) is 0 Å². The van der Waals surface area contributed by atoms with Gasteiger partial charge in [0.2, 0.25) is 0 Å². The van der Waals surface area contributed by atoms with Gasteiger partial charge in [-0.25, -0.2) is 0 Å². The Labute approximate surface area is 108 Å². The third-order valence-electron chi connectivity index (χ3n) is 3.31. The summed E-state index contributed by atoms with van der Waals surface area (Å²) in [6.07, 6.45) is 5.38. The van der Waals surface area contributed by atoms with Gasteiger partial charge in [0.25, 0.3) is 0 Å². The van der Waals surface area contributed by atoms with Crippen molar-refractivity contribution in [3.05, 3.63) is 29.3 Å². The summed E-state index contributed by atoms with van der Waals surface area (Å²) in [5.41, 5.74) is 2.28. The highest BCUT2D eigenvalue weighted by atomic mass is 17.2. The van der Waals surface area contributed by atoms with Gasteiger partial charge in [0.15, 0.2) is 5.75 Å². The zero-order valence-corrected chi connectivity index (χ0v) is 10.8. The quantitative estimate of drug-likeness (QED) is 0.566. The van der Waals surface area contributed by atoms with Crippen LogP contribution in [0.5, 0.6) is 5.75 Å². The number of nitriles is 1. The lowest BCUT2D eigenvalue weighted by atomic mass is 9.94. The zero-order chi connectivity index (χ0) is 12.8. The van der Waals surface area contributed by atoms with Crippen molar-refractivity contribution in [2.75, 3.05) is 0 Å². The summed E-state index contributed by atoms with van der Waals surface area (Å²) in [6, 6.07) is 8.46. The predicted octanol–water partition coefficient (Wildman–Crippen LogP) is 3.77. The Kier molecular flexibility index (Phi) is 4.60. The topological polar surface area (TPSA) is 42.2 Å². The molecule has 96 valence electrons. The van der Waals surface area contributed by atoms with Crippen LogP contribution in [0.2, 0.25) is 0 Å². The van der Waals surface area contributed by atoms with E-state index in [9.17, 15) is 5.26 Å². The van der Waals surface area contributed by atoms with Gasteiger partial charge in [-0.3, -0.25) is 0 Å². The molecule has 18 heavy (non-hydrogen) atoms. The third-order valence-corrected chi connectivity index (χ3v) is 3.31. The van der Waals surface area contributed by atoms with Crippen molar-refractivity contribution in [1.29, 1.82) is 5.26 Å². The van der Waals surface area contributed by atoms with E-state index >= 15 is 0 Å². The molecule has 1 aliphatic heterocycles. The van der Waals surface area contributed by atoms with Crippen LogP contribution >= 0.6 is 0 Å². The smallest absolute Gasteiger partial charge is 0.171 e. The summed E-state index contributed by atoms with van der Waals surface area (Å²) in [5.74, 6) is 0.927. The van der Waals surface area contributed by atoms with E-state index in [2.05, 4.69) is 19.1 Å². The van der Waals surface area contributed by atoms with Gasteiger partial charge in [-0.15, -0.1) is 0 Å². The van der Waals surface area contributed by atoms with Crippen LogP contribution in [0.15, 0.2) is 18.2 Å². The molecule has 0 N–H and O–H groups in total. The van der Waals surface area contributed by atoms with E-state index in [1.807, 2.05) is 12.1 Å². The van der Waals surface area contributed by atoms with Crippen molar-refractivity contribution in [3.63, 3.8) is 0 Å². The molecule has 0 aromatic heterocycles. The van der Waals surface area contributed by atoms with Gasteiger partial charge in [-0.2, -0.15) is 10.1 Å². The second kappa shape index (κ2) is 6.42. The van der Waals surface area contributed by atoms with Crippen LogP contribution in [0.3, 0.4) is 0 Å². The molecule has 1 aromatic rings. The molecule has 1 aromatic carbocycles. The summed E-state index contributed by atoms with van der Waals surface area (Å²) in [7, 11) is 0. The Hall–Kier alpha value is -1.53. The van der Waals surface area contributed by atoms with Crippen molar-refractivity contribution in [3.8, 4) is 11.8 Å². The lowest BCUT2D eigenvalue weighted by Gasteiger charge is -2.09. The minimum atomic E-state index is 0.123. The van der Waals surface area contributed by atoms with Crippen LogP contribution in [0, 0.1) is 17.2 Å². The van der Waals surface area contributed by atoms with Crippen molar-refractivity contribution < 1.29 is 9.78 Å². The predicted molar refractivity (Wildman–Crippen MR) is 68.8 cm³/mol. The van der Waals surface area contributed by atoms with Gasteiger partial charge in [0.05, 0.1) is 12.0 Å². The van der Waals surface area contributed by atoms with Crippen LogP contribution < -0.4 is 4.89 Å². The Morgan fingerprint density at radius 1 is 1.39 bits per heavy atom. The minimum absolute atomic E-state index is 0.123. The van der Waals surface area contributed by atoms with Gasteiger partial charge >= 0.3 is 0 Å². The fourth-order valence-electron chi connectivity index (χ4n) is 2.25. The summed E-state index contributed by atoms with van der Waals surface area (Å²) >= 11 is 0. The van der Waals surface area contributed by atoms with Gasteiger partial charge in [-0.05, 0) is 30.5 Å². The summed E-state index contributed by atoms with van der Waals surface area (Å²) in [4.78, 5) is 9.91.